The SMILES string of the molecule is N=C(c1ccc(C(=O)Nc2ccc(F)cc2C(=O)Nc2ccc(Br)cc2)cc1)N1CCC1.N=C(c1ccc(C(=O)Nc2ccc(F)cc2C(=O)Nc2ccc(Cl)cc2)c(F)c1)N1CCCC1.N=C(c1ccc(C(=O)Nc2ccc(F)cc2C(=O)Nc2ccc(Cl)cc2)c(F)c1)N1CCCCC1. The first-order valence-electron chi connectivity index (χ1n) is 31.8. The molecule has 516 valence electrons. The van der Waals surface area contributed by atoms with Gasteiger partial charge in [0.2, 0.25) is 0 Å². The second kappa shape index (κ2) is 33.7. The second-order valence-corrected chi connectivity index (χ2v) is 25.2. The molecule has 9 aromatic carbocycles. The first-order valence-corrected chi connectivity index (χ1v) is 33.3. The molecule has 3 aliphatic heterocycles. The third-order valence-corrected chi connectivity index (χ3v) is 17.4. The highest BCUT2D eigenvalue weighted by atomic mass is 79.9. The van der Waals surface area contributed by atoms with Crippen LogP contribution < -0.4 is 31.9 Å². The molecule has 0 radical (unpaired) electrons. The smallest absolute Gasteiger partial charge is 0.258 e. The standard InChI is InChI=1S/C26H23ClF2N4O2.C25H21ClF2N4O2.C24H20BrFN4O2/c27-17-5-8-19(9-6-17)31-26(35)21-15-18(28)7-11-23(21)32-25(34)20-10-4-16(14-22(20)29)24(30)33-12-2-1-3-13-33;26-16-4-7-18(8-5-16)30-25(34)20-14-17(27)6-10-22(20)31-24(33)19-9-3-15(13-21(19)28)23(29)32-11-1-2-12-32;25-17-6-9-19(10-7-17)28-24(32)20-14-18(26)8-11-21(20)29-23(31)16-4-2-15(3-5-16)22(27)30-12-1-13-30/h4-11,14-15,30H,1-3,12-13H2,(H,31,35)(H,32,34);3-10,13-14,29H,1-2,11-12H2,(H,30,34)(H,31,33);2-11,14,27H,1,12-13H2,(H,28,32)(H,29,31). The normalized spacial score (nSPS) is 13.0. The molecule has 6 amide bonds. The Morgan fingerprint density at radius 3 is 0.960 bits per heavy atom. The monoisotopic (exact) mass is 1470 g/mol. The fourth-order valence-electron chi connectivity index (χ4n) is 10.8. The highest BCUT2D eigenvalue weighted by Crippen LogP contribution is 2.28. The van der Waals surface area contributed by atoms with E-state index in [1.165, 1.54) is 48.5 Å². The predicted octanol–water partition coefficient (Wildman–Crippen LogP) is 16.6. The third kappa shape index (κ3) is 19.2. The van der Waals surface area contributed by atoms with Crippen molar-refractivity contribution in [3.8, 4) is 0 Å². The Morgan fingerprint density at radius 2 is 0.614 bits per heavy atom. The lowest BCUT2D eigenvalue weighted by Crippen LogP contribution is -2.42. The van der Waals surface area contributed by atoms with Crippen LogP contribution in [0, 0.1) is 45.3 Å². The fourth-order valence-corrected chi connectivity index (χ4v) is 11.3. The van der Waals surface area contributed by atoms with Gasteiger partial charge < -0.3 is 46.6 Å². The molecule has 0 aliphatic carbocycles. The third-order valence-electron chi connectivity index (χ3n) is 16.4. The van der Waals surface area contributed by atoms with Gasteiger partial charge in [0.05, 0.1) is 44.9 Å². The molecule has 3 heterocycles. The lowest BCUT2D eigenvalue weighted by atomic mass is 10.1. The molecule has 0 atom stereocenters. The molecular weight excluding hydrogens is 1410 g/mol. The molecule has 0 unspecified atom stereocenters. The summed E-state index contributed by atoms with van der Waals surface area (Å²) >= 11 is 15.0. The van der Waals surface area contributed by atoms with Crippen LogP contribution in [0.4, 0.5) is 56.1 Å². The first kappa shape index (κ1) is 72.7. The highest BCUT2D eigenvalue weighted by Gasteiger charge is 2.25. The topological polar surface area (TPSA) is 256 Å². The van der Waals surface area contributed by atoms with Crippen molar-refractivity contribution >= 4 is 126 Å². The van der Waals surface area contributed by atoms with E-state index in [0.29, 0.717) is 49.6 Å². The summed E-state index contributed by atoms with van der Waals surface area (Å²) in [5.41, 5.74) is 2.74. The van der Waals surface area contributed by atoms with Crippen LogP contribution in [0.1, 0.15) is 117 Å². The first-order chi connectivity index (χ1) is 48.5. The summed E-state index contributed by atoms with van der Waals surface area (Å²) in [5.74, 6) is -6.55. The van der Waals surface area contributed by atoms with Gasteiger partial charge in [0.15, 0.2) is 0 Å². The number of nitrogens with one attached hydrogen (secondary N) is 9. The lowest BCUT2D eigenvalue weighted by molar-refractivity contribution is 0.100. The van der Waals surface area contributed by atoms with E-state index in [2.05, 4.69) is 47.8 Å². The summed E-state index contributed by atoms with van der Waals surface area (Å²) in [7, 11) is 0. The molecule has 18 nitrogen and oxygen atoms in total. The minimum atomic E-state index is -0.802. The quantitative estimate of drug-likeness (QED) is 0.0268. The van der Waals surface area contributed by atoms with Gasteiger partial charge in [0.25, 0.3) is 35.4 Å². The van der Waals surface area contributed by atoms with Crippen LogP contribution in [0.5, 0.6) is 0 Å². The maximum Gasteiger partial charge on any atom is 0.258 e. The van der Waals surface area contributed by atoms with Crippen LogP contribution in [0.15, 0.2) is 193 Å². The van der Waals surface area contributed by atoms with Gasteiger partial charge in [0, 0.05) is 93.1 Å². The summed E-state index contributed by atoms with van der Waals surface area (Å²) in [6, 6.07) is 44.5. The largest absolute Gasteiger partial charge is 0.357 e. The molecule has 3 aliphatic rings. The van der Waals surface area contributed by atoms with Crippen molar-refractivity contribution in [3.63, 3.8) is 0 Å². The Balaban J connectivity index is 0.000000164. The van der Waals surface area contributed by atoms with Crippen molar-refractivity contribution in [2.24, 2.45) is 0 Å². The van der Waals surface area contributed by atoms with Gasteiger partial charge in [-0.05, 0) is 202 Å². The number of rotatable bonds is 15. The molecule has 26 heteroatoms. The number of likely N-dealkylation sites (tertiary alicyclic amines) is 3. The molecule has 9 N–H and O–H groups in total. The molecule has 101 heavy (non-hydrogen) atoms. The number of hydrogen-bond donors (Lipinski definition) is 9. The average Bonchev–Trinajstić information content (AvgIpc) is 1.19. The summed E-state index contributed by atoms with van der Waals surface area (Å²) in [4.78, 5) is 82.3. The minimum Gasteiger partial charge on any atom is -0.357 e. The zero-order valence-corrected chi connectivity index (χ0v) is 56.8. The maximum absolute atomic E-state index is 14.8. The van der Waals surface area contributed by atoms with E-state index in [9.17, 15) is 50.7 Å². The van der Waals surface area contributed by atoms with Gasteiger partial charge >= 0.3 is 0 Å². The van der Waals surface area contributed by atoms with E-state index in [4.69, 9.17) is 39.4 Å². The highest BCUT2D eigenvalue weighted by molar-refractivity contribution is 9.10. The zero-order chi connectivity index (χ0) is 71.9. The molecular formula is C75H64BrCl2F5N12O6. The van der Waals surface area contributed by atoms with Gasteiger partial charge in [-0.2, -0.15) is 0 Å². The second-order valence-electron chi connectivity index (χ2n) is 23.4. The number of benzene rings is 9. The van der Waals surface area contributed by atoms with Gasteiger partial charge in [-0.25, -0.2) is 22.0 Å². The number of hydrogen-bond acceptors (Lipinski definition) is 9. The molecule has 3 fully saturated rings. The van der Waals surface area contributed by atoms with Crippen LogP contribution in [-0.2, 0) is 0 Å². The summed E-state index contributed by atoms with van der Waals surface area (Å²) in [6.07, 6.45) is 6.13. The van der Waals surface area contributed by atoms with Crippen molar-refractivity contribution in [1.29, 1.82) is 16.2 Å². The Hall–Kier alpha value is -11.1. The van der Waals surface area contributed by atoms with E-state index in [1.54, 1.807) is 97.1 Å². The fraction of sp³-hybridized carbons (Fsp3) is 0.160. The van der Waals surface area contributed by atoms with Crippen molar-refractivity contribution in [2.45, 2.75) is 38.5 Å². The van der Waals surface area contributed by atoms with E-state index in [0.717, 1.165) is 130 Å². The maximum atomic E-state index is 14.8. The van der Waals surface area contributed by atoms with Gasteiger partial charge in [-0.3, -0.25) is 45.0 Å². The summed E-state index contributed by atoms with van der Waals surface area (Å²) in [5, 5.41) is 41.3. The van der Waals surface area contributed by atoms with E-state index in [-0.39, 0.29) is 56.6 Å². The molecule has 0 spiro atoms. The number of halogens is 8. The average molecular weight is 1480 g/mol. The van der Waals surface area contributed by atoms with Gasteiger partial charge in [-0.15, -0.1) is 0 Å². The van der Waals surface area contributed by atoms with Crippen molar-refractivity contribution in [1.82, 2.24) is 14.7 Å². The minimum absolute atomic E-state index is 0.0115. The van der Waals surface area contributed by atoms with Gasteiger partial charge in [0.1, 0.15) is 46.6 Å². The molecule has 0 saturated carbocycles. The number of carbonyl (C=O) groups excluding carboxylic acids is 6. The van der Waals surface area contributed by atoms with Crippen LogP contribution in [0.25, 0.3) is 0 Å². The Bertz CT molecular complexity index is 4640. The number of amides is 6. The zero-order valence-electron chi connectivity index (χ0n) is 53.7. The Labute approximate surface area is 595 Å². The van der Waals surface area contributed by atoms with Gasteiger partial charge in [-0.1, -0.05) is 63.4 Å². The number of carbonyl (C=O) groups is 6. The molecule has 9 aromatic rings. The lowest BCUT2D eigenvalue weighted by Gasteiger charge is -2.33. The van der Waals surface area contributed by atoms with Crippen LogP contribution >= 0.6 is 39.1 Å². The van der Waals surface area contributed by atoms with Crippen LogP contribution in [0.3, 0.4) is 0 Å². The van der Waals surface area contributed by atoms with E-state index >= 15 is 0 Å². The van der Waals surface area contributed by atoms with E-state index < -0.39 is 64.5 Å². The Morgan fingerprint density at radius 1 is 0.317 bits per heavy atom. The van der Waals surface area contributed by atoms with Crippen molar-refractivity contribution in [2.75, 3.05) is 71.2 Å². The summed E-state index contributed by atoms with van der Waals surface area (Å²) < 4.78 is 72.1. The van der Waals surface area contributed by atoms with Crippen molar-refractivity contribution in [3.05, 3.63) is 282 Å². The molecule has 0 bridgehead atoms. The number of amidine groups is 3. The van der Waals surface area contributed by atoms with E-state index in [1.807, 2.05) is 14.7 Å². The number of piperidine rings is 1. The Kier molecular flexibility index (Phi) is 24.2. The number of anilines is 6. The summed E-state index contributed by atoms with van der Waals surface area (Å²) in [6.45, 7) is 4.72. The van der Waals surface area contributed by atoms with Crippen molar-refractivity contribution < 1.29 is 50.7 Å². The predicted molar refractivity (Wildman–Crippen MR) is 386 cm³/mol. The molecule has 0 aromatic heterocycles. The van der Waals surface area contributed by atoms with Crippen LogP contribution in [-0.4, -0.2) is 107 Å². The molecule has 3 saturated heterocycles. The molecule has 12 rings (SSSR count). The van der Waals surface area contributed by atoms with Crippen LogP contribution in [0.2, 0.25) is 10.0 Å². The number of nitrogens with zero attached hydrogens (tertiary/aromatic N) is 3.